The van der Waals surface area contributed by atoms with Crippen molar-refractivity contribution in [3.8, 4) is 5.75 Å². The van der Waals surface area contributed by atoms with Crippen molar-refractivity contribution in [2.75, 3.05) is 5.32 Å². The summed E-state index contributed by atoms with van der Waals surface area (Å²) in [6.07, 6.45) is -0.819. The fraction of sp³-hybridized carbons (Fsp3) is 0.0500. The number of phenolic OH excluding ortho intramolecular Hbond substituents is 1. The number of halogens is 1. The van der Waals surface area contributed by atoms with Gasteiger partial charge in [0.25, 0.3) is 10.1 Å². The molecule has 0 unspecified atom stereocenters. The Balaban J connectivity index is 1.62. The molecule has 10 heteroatoms. The zero-order valence-corrected chi connectivity index (χ0v) is 16.1. The lowest BCUT2D eigenvalue weighted by Gasteiger charge is -2.08. The molecule has 0 aliphatic heterocycles. The average molecular weight is 426 g/mol. The van der Waals surface area contributed by atoms with Gasteiger partial charge in [-0.2, -0.15) is 27.8 Å². The molecule has 8 nitrogen and oxygen atoms in total. The maximum absolute atomic E-state index is 13.9. The highest BCUT2D eigenvalue weighted by atomic mass is 32.2. The van der Waals surface area contributed by atoms with Crippen LogP contribution in [0.15, 0.2) is 65.6 Å². The summed E-state index contributed by atoms with van der Waals surface area (Å²) < 4.78 is 45.6. The smallest absolute Gasteiger partial charge is 0.313 e. The Hall–Kier alpha value is -3.63. The van der Waals surface area contributed by atoms with Crippen LogP contribution in [0.25, 0.3) is 10.8 Å². The highest BCUT2D eigenvalue weighted by Gasteiger charge is 2.12. The molecule has 0 fully saturated rings. The molecule has 30 heavy (non-hydrogen) atoms. The van der Waals surface area contributed by atoms with Gasteiger partial charge < -0.3 is 10.4 Å². The molecule has 1 aromatic heterocycles. The number of hydrogen-bond acceptors (Lipinski definition) is 7. The SMILES string of the molecule is O=S(=O)(O)c1cccc(Nc2nc(F)nc(Cc3ccc4cccc(O)c4c3)n2)c1. The van der Waals surface area contributed by atoms with Gasteiger partial charge in [-0.1, -0.05) is 30.3 Å². The zero-order valence-electron chi connectivity index (χ0n) is 15.3. The van der Waals surface area contributed by atoms with Crippen LogP contribution in [0.2, 0.25) is 0 Å². The van der Waals surface area contributed by atoms with E-state index >= 15 is 0 Å². The van der Waals surface area contributed by atoms with Crippen LogP contribution in [0.1, 0.15) is 11.4 Å². The number of fused-ring (bicyclic) bond motifs is 1. The van der Waals surface area contributed by atoms with E-state index in [0.717, 1.165) is 10.9 Å². The van der Waals surface area contributed by atoms with Crippen molar-refractivity contribution < 1.29 is 22.5 Å². The van der Waals surface area contributed by atoms with E-state index in [1.165, 1.54) is 24.3 Å². The number of nitrogens with zero attached hydrogens (tertiary/aromatic N) is 3. The van der Waals surface area contributed by atoms with Gasteiger partial charge in [-0.25, -0.2) is 0 Å². The minimum Gasteiger partial charge on any atom is -0.507 e. The number of benzene rings is 3. The van der Waals surface area contributed by atoms with Crippen molar-refractivity contribution in [1.29, 1.82) is 0 Å². The van der Waals surface area contributed by atoms with Crippen LogP contribution in [0.5, 0.6) is 5.75 Å². The summed E-state index contributed by atoms with van der Waals surface area (Å²) in [5.74, 6) is 0.163. The van der Waals surface area contributed by atoms with Crippen LogP contribution in [-0.2, 0) is 16.5 Å². The third kappa shape index (κ3) is 4.34. The van der Waals surface area contributed by atoms with Gasteiger partial charge in [0.2, 0.25) is 5.95 Å². The number of aromatic hydroxyl groups is 1. The molecule has 4 rings (SSSR count). The van der Waals surface area contributed by atoms with E-state index in [2.05, 4.69) is 20.3 Å². The third-order valence-corrected chi connectivity index (χ3v) is 5.18. The van der Waals surface area contributed by atoms with E-state index < -0.39 is 16.2 Å². The summed E-state index contributed by atoms with van der Waals surface area (Å²) in [6, 6.07) is 15.9. The summed E-state index contributed by atoms with van der Waals surface area (Å²) in [6.45, 7) is 0. The third-order valence-electron chi connectivity index (χ3n) is 4.33. The maximum atomic E-state index is 13.9. The van der Waals surface area contributed by atoms with Gasteiger partial charge in [-0.05, 0) is 41.3 Å². The van der Waals surface area contributed by atoms with Crippen LogP contribution >= 0.6 is 0 Å². The van der Waals surface area contributed by atoms with Crippen molar-refractivity contribution in [1.82, 2.24) is 15.0 Å². The summed E-state index contributed by atoms with van der Waals surface area (Å²) in [5.41, 5.74) is 1.01. The van der Waals surface area contributed by atoms with Crippen molar-refractivity contribution >= 4 is 32.5 Å². The van der Waals surface area contributed by atoms with E-state index in [1.54, 1.807) is 18.2 Å². The van der Waals surface area contributed by atoms with Gasteiger partial charge in [0.15, 0.2) is 0 Å². The fourth-order valence-electron chi connectivity index (χ4n) is 2.99. The van der Waals surface area contributed by atoms with E-state index in [1.807, 2.05) is 18.2 Å². The molecule has 0 spiro atoms. The largest absolute Gasteiger partial charge is 0.507 e. The number of phenols is 1. The normalized spacial score (nSPS) is 11.5. The van der Waals surface area contributed by atoms with E-state index in [9.17, 15) is 17.9 Å². The molecule has 0 bridgehead atoms. The molecule has 3 N–H and O–H groups in total. The average Bonchev–Trinajstić information content (AvgIpc) is 2.68. The van der Waals surface area contributed by atoms with E-state index in [4.69, 9.17) is 4.55 Å². The first-order valence-corrected chi connectivity index (χ1v) is 10.2. The van der Waals surface area contributed by atoms with Gasteiger partial charge in [0, 0.05) is 17.5 Å². The number of hydrogen-bond donors (Lipinski definition) is 3. The molecule has 1 heterocycles. The highest BCUT2D eigenvalue weighted by Crippen LogP contribution is 2.26. The van der Waals surface area contributed by atoms with Crippen LogP contribution < -0.4 is 5.32 Å². The molecule has 0 aliphatic carbocycles. The van der Waals surface area contributed by atoms with Crippen LogP contribution in [0, 0.1) is 6.08 Å². The Labute approximate surface area is 170 Å². The van der Waals surface area contributed by atoms with E-state index in [-0.39, 0.29) is 34.5 Å². The lowest BCUT2D eigenvalue weighted by Crippen LogP contribution is -2.07. The monoisotopic (exact) mass is 426 g/mol. The molecular weight excluding hydrogens is 411 g/mol. The molecule has 4 aromatic rings. The number of aromatic nitrogens is 3. The van der Waals surface area contributed by atoms with Crippen LogP contribution in [0.4, 0.5) is 16.0 Å². The van der Waals surface area contributed by atoms with Crippen molar-refractivity contribution in [2.24, 2.45) is 0 Å². The second kappa shape index (κ2) is 7.65. The maximum Gasteiger partial charge on any atom is 0.313 e. The minimum absolute atomic E-state index is 0.117. The Kier molecular flexibility index (Phi) is 5.02. The predicted molar refractivity (Wildman–Crippen MR) is 108 cm³/mol. The number of anilines is 2. The molecule has 0 saturated carbocycles. The van der Waals surface area contributed by atoms with Gasteiger partial charge in [-0.15, -0.1) is 0 Å². The minimum atomic E-state index is -4.38. The summed E-state index contributed by atoms with van der Waals surface area (Å²) in [4.78, 5) is 11.1. The molecule has 0 radical (unpaired) electrons. The van der Waals surface area contributed by atoms with Gasteiger partial charge in [0.1, 0.15) is 11.6 Å². The quantitative estimate of drug-likeness (QED) is 0.414. The molecule has 3 aromatic carbocycles. The molecule has 0 atom stereocenters. The van der Waals surface area contributed by atoms with Gasteiger partial charge in [-0.3, -0.25) is 4.55 Å². The summed E-state index contributed by atoms with van der Waals surface area (Å²) >= 11 is 0. The molecular formula is C20H15FN4O4S. The second-order valence-corrected chi connectivity index (χ2v) is 7.90. The van der Waals surface area contributed by atoms with Crippen molar-refractivity contribution in [3.05, 3.63) is 78.1 Å². The Morgan fingerprint density at radius 3 is 2.57 bits per heavy atom. The first kappa shape index (κ1) is 19.7. The number of rotatable bonds is 5. The first-order chi connectivity index (χ1) is 14.3. The van der Waals surface area contributed by atoms with Crippen molar-refractivity contribution in [3.63, 3.8) is 0 Å². The Morgan fingerprint density at radius 1 is 0.967 bits per heavy atom. The molecule has 152 valence electrons. The highest BCUT2D eigenvalue weighted by molar-refractivity contribution is 7.85. The lowest BCUT2D eigenvalue weighted by molar-refractivity contribution is 0.481. The Morgan fingerprint density at radius 2 is 1.77 bits per heavy atom. The zero-order chi connectivity index (χ0) is 21.3. The second-order valence-electron chi connectivity index (χ2n) is 6.48. The number of nitrogens with one attached hydrogen (secondary N) is 1. The summed E-state index contributed by atoms with van der Waals surface area (Å²) in [7, 11) is -4.38. The first-order valence-electron chi connectivity index (χ1n) is 8.73. The Bertz CT molecular complexity index is 1360. The van der Waals surface area contributed by atoms with Crippen LogP contribution in [-0.4, -0.2) is 33.0 Å². The van der Waals surface area contributed by atoms with Crippen LogP contribution in [0.3, 0.4) is 0 Å². The standard InChI is InChI=1S/C20H15FN4O4S/c21-19-23-18(10-12-7-8-13-3-1-6-17(26)16(13)9-12)24-20(25-19)22-14-4-2-5-15(11-14)30(27,28)29/h1-9,11,26H,10H2,(H,27,28,29)(H,22,23,24,25). The van der Waals surface area contributed by atoms with Gasteiger partial charge >= 0.3 is 6.08 Å². The topological polar surface area (TPSA) is 125 Å². The fourth-order valence-corrected chi connectivity index (χ4v) is 3.51. The van der Waals surface area contributed by atoms with E-state index in [0.29, 0.717) is 5.39 Å². The predicted octanol–water partition coefficient (Wildman–Crippen LogP) is 3.45. The summed E-state index contributed by atoms with van der Waals surface area (Å²) in [5, 5.41) is 14.2. The molecule has 0 saturated heterocycles. The van der Waals surface area contributed by atoms with Gasteiger partial charge in [0.05, 0.1) is 4.90 Å². The molecule has 0 aliphatic rings. The molecule has 0 amide bonds. The lowest BCUT2D eigenvalue weighted by atomic mass is 10.0. The van der Waals surface area contributed by atoms with Crippen molar-refractivity contribution in [2.45, 2.75) is 11.3 Å².